The monoisotopic (exact) mass is 273 g/mol. The van der Waals surface area contributed by atoms with E-state index in [0.717, 1.165) is 11.4 Å². The van der Waals surface area contributed by atoms with Crippen molar-refractivity contribution in [2.45, 2.75) is 6.92 Å². The molecule has 0 amide bonds. The Bertz CT molecular complexity index is 704. The maximum atomic E-state index is 11.6. The molecule has 0 fully saturated rings. The Kier molecular flexibility index (Phi) is 3.89. The van der Waals surface area contributed by atoms with Crippen LogP contribution in [-0.4, -0.2) is 25.1 Å². The van der Waals surface area contributed by atoms with Gasteiger partial charge in [0.1, 0.15) is 0 Å². The number of rotatable bonds is 4. The van der Waals surface area contributed by atoms with E-state index >= 15 is 0 Å². The first kappa shape index (κ1) is 13.9. The van der Waals surface area contributed by atoms with Crippen LogP contribution in [-0.2, 0) is 0 Å². The van der Waals surface area contributed by atoms with Crippen molar-refractivity contribution < 1.29 is 14.3 Å². The summed E-state index contributed by atoms with van der Waals surface area (Å²) < 4.78 is 12.2. The summed E-state index contributed by atoms with van der Waals surface area (Å²) in [6, 6.07) is 6.81. The molecule has 2 aromatic rings. The van der Waals surface area contributed by atoms with E-state index < -0.39 is 0 Å². The number of ether oxygens (including phenoxy) is 2. The van der Waals surface area contributed by atoms with Gasteiger partial charge in [-0.1, -0.05) is 0 Å². The van der Waals surface area contributed by atoms with Crippen LogP contribution in [0.15, 0.2) is 35.3 Å². The second kappa shape index (κ2) is 5.61. The maximum Gasteiger partial charge on any atom is 0.192 e. The minimum atomic E-state index is -0.283. The molecule has 0 aliphatic carbocycles. The molecule has 1 aromatic heterocycles. The van der Waals surface area contributed by atoms with E-state index in [1.165, 1.54) is 12.3 Å². The number of hydrogen-bond donors (Lipinski definition) is 0. The molecule has 0 N–H and O–H groups in total. The van der Waals surface area contributed by atoms with E-state index in [0.29, 0.717) is 17.8 Å². The number of benzene rings is 1. The highest BCUT2D eigenvalue weighted by atomic mass is 16.5. The van der Waals surface area contributed by atoms with Crippen LogP contribution in [0.3, 0.4) is 0 Å². The number of aldehydes is 1. The minimum Gasteiger partial charge on any atom is -0.493 e. The summed E-state index contributed by atoms with van der Waals surface area (Å²) in [7, 11) is 3.11. The molecule has 5 nitrogen and oxygen atoms in total. The largest absolute Gasteiger partial charge is 0.493 e. The van der Waals surface area contributed by atoms with Crippen molar-refractivity contribution in [1.29, 1.82) is 0 Å². The summed E-state index contributed by atoms with van der Waals surface area (Å²) >= 11 is 0. The lowest BCUT2D eigenvalue weighted by atomic mass is 10.2. The van der Waals surface area contributed by atoms with Crippen LogP contribution in [0.4, 0.5) is 0 Å². The van der Waals surface area contributed by atoms with E-state index in [1.54, 1.807) is 37.8 Å². The number of hydrogen-bond acceptors (Lipinski definition) is 4. The van der Waals surface area contributed by atoms with Gasteiger partial charge >= 0.3 is 0 Å². The average molecular weight is 273 g/mol. The Hall–Kier alpha value is -2.56. The number of carbonyl (C=O) groups excluding carboxylic acids is 1. The molecular weight excluding hydrogens is 258 g/mol. The summed E-state index contributed by atoms with van der Waals surface area (Å²) in [4.78, 5) is 22.5. The van der Waals surface area contributed by atoms with E-state index in [4.69, 9.17) is 9.47 Å². The van der Waals surface area contributed by atoms with Crippen molar-refractivity contribution in [2.75, 3.05) is 14.2 Å². The van der Waals surface area contributed by atoms with Crippen LogP contribution in [0.2, 0.25) is 0 Å². The number of aromatic nitrogens is 1. The molecule has 0 unspecified atom stereocenters. The normalized spacial score (nSPS) is 10.2. The predicted octanol–water partition coefficient (Wildman–Crippen LogP) is 1.98. The Labute approximate surface area is 116 Å². The number of carbonyl (C=O) groups is 1. The fraction of sp³-hybridized carbons (Fsp3) is 0.200. The average Bonchev–Trinajstić information content (AvgIpc) is 2.46. The third-order valence-electron chi connectivity index (χ3n) is 3.04. The van der Waals surface area contributed by atoms with E-state index in [-0.39, 0.29) is 11.0 Å². The topological polar surface area (TPSA) is 57.5 Å². The van der Waals surface area contributed by atoms with E-state index in [1.807, 2.05) is 6.07 Å². The minimum absolute atomic E-state index is 0.116. The van der Waals surface area contributed by atoms with Gasteiger partial charge in [0.25, 0.3) is 0 Å². The Morgan fingerprint density at radius 3 is 2.40 bits per heavy atom. The third kappa shape index (κ3) is 2.42. The fourth-order valence-corrected chi connectivity index (χ4v) is 1.99. The highest BCUT2D eigenvalue weighted by Gasteiger charge is 2.09. The summed E-state index contributed by atoms with van der Waals surface area (Å²) in [5.74, 6) is 1.20. The summed E-state index contributed by atoms with van der Waals surface area (Å²) in [6.45, 7) is 1.80. The number of methoxy groups -OCH3 is 2. The lowest BCUT2D eigenvalue weighted by Crippen LogP contribution is -2.13. The van der Waals surface area contributed by atoms with Gasteiger partial charge in [-0.3, -0.25) is 9.59 Å². The van der Waals surface area contributed by atoms with Crippen molar-refractivity contribution in [1.82, 2.24) is 4.57 Å². The van der Waals surface area contributed by atoms with Crippen LogP contribution < -0.4 is 14.9 Å². The second-order valence-corrected chi connectivity index (χ2v) is 4.26. The highest BCUT2D eigenvalue weighted by molar-refractivity contribution is 5.74. The molecule has 0 aliphatic heterocycles. The maximum absolute atomic E-state index is 11.6. The lowest BCUT2D eigenvalue weighted by molar-refractivity contribution is 0.112. The van der Waals surface area contributed by atoms with Gasteiger partial charge in [0.15, 0.2) is 23.2 Å². The molecule has 0 saturated carbocycles. The molecular formula is C15H15NO4. The molecule has 0 saturated heterocycles. The second-order valence-electron chi connectivity index (χ2n) is 4.26. The zero-order chi connectivity index (χ0) is 14.7. The smallest absolute Gasteiger partial charge is 0.192 e. The van der Waals surface area contributed by atoms with Crippen LogP contribution in [0.1, 0.15) is 16.1 Å². The Morgan fingerprint density at radius 1 is 1.10 bits per heavy atom. The number of nitrogens with zero attached hydrogens (tertiary/aromatic N) is 1. The van der Waals surface area contributed by atoms with Crippen LogP contribution in [0.5, 0.6) is 11.5 Å². The van der Waals surface area contributed by atoms with Crippen molar-refractivity contribution >= 4 is 6.29 Å². The van der Waals surface area contributed by atoms with Crippen LogP contribution in [0.25, 0.3) is 5.69 Å². The van der Waals surface area contributed by atoms with Gasteiger partial charge in [0, 0.05) is 29.7 Å². The van der Waals surface area contributed by atoms with Crippen molar-refractivity contribution in [3.8, 4) is 17.2 Å². The molecule has 104 valence electrons. The van der Waals surface area contributed by atoms with Gasteiger partial charge < -0.3 is 14.0 Å². The lowest BCUT2D eigenvalue weighted by Gasteiger charge is -2.14. The first-order valence-corrected chi connectivity index (χ1v) is 6.01. The molecule has 20 heavy (non-hydrogen) atoms. The Morgan fingerprint density at radius 2 is 1.80 bits per heavy atom. The quantitative estimate of drug-likeness (QED) is 0.799. The molecule has 0 aliphatic rings. The van der Waals surface area contributed by atoms with Crippen LogP contribution in [0, 0.1) is 6.92 Å². The predicted molar refractivity (Wildman–Crippen MR) is 75.3 cm³/mol. The van der Waals surface area contributed by atoms with Gasteiger partial charge in [-0.05, 0) is 19.1 Å². The fourth-order valence-electron chi connectivity index (χ4n) is 1.99. The van der Waals surface area contributed by atoms with Gasteiger partial charge in [-0.2, -0.15) is 0 Å². The molecule has 2 rings (SSSR count). The summed E-state index contributed by atoms with van der Waals surface area (Å²) in [5, 5.41) is 0. The van der Waals surface area contributed by atoms with E-state index in [2.05, 4.69) is 0 Å². The van der Waals surface area contributed by atoms with Crippen molar-refractivity contribution in [3.05, 3.63) is 51.9 Å². The molecule has 5 heteroatoms. The van der Waals surface area contributed by atoms with Gasteiger partial charge in [-0.15, -0.1) is 0 Å². The molecule has 0 bridgehead atoms. The highest BCUT2D eigenvalue weighted by Crippen LogP contribution is 2.29. The molecule has 1 aromatic carbocycles. The first-order chi connectivity index (χ1) is 9.60. The van der Waals surface area contributed by atoms with Crippen molar-refractivity contribution in [2.24, 2.45) is 0 Å². The molecule has 0 spiro atoms. The standard InChI is InChI=1S/C15H15NO4/c1-10-6-13(18)11(9-17)8-16(10)12-4-5-14(19-2)15(7-12)20-3/h4-9H,1-3H3. The van der Waals surface area contributed by atoms with E-state index in [9.17, 15) is 9.59 Å². The van der Waals surface area contributed by atoms with Crippen LogP contribution >= 0.6 is 0 Å². The van der Waals surface area contributed by atoms with Gasteiger partial charge in [0.05, 0.1) is 19.8 Å². The summed E-state index contributed by atoms with van der Waals surface area (Å²) in [5.41, 5.74) is 1.34. The SMILES string of the molecule is COc1ccc(-n2cc(C=O)c(=O)cc2C)cc1OC. The number of pyridine rings is 1. The first-order valence-electron chi connectivity index (χ1n) is 6.01. The van der Waals surface area contributed by atoms with Gasteiger partial charge in [-0.25, -0.2) is 0 Å². The molecule has 0 radical (unpaired) electrons. The Balaban J connectivity index is 2.62. The van der Waals surface area contributed by atoms with Crippen molar-refractivity contribution in [3.63, 3.8) is 0 Å². The number of aryl methyl sites for hydroxylation is 1. The van der Waals surface area contributed by atoms with Gasteiger partial charge in [0.2, 0.25) is 0 Å². The summed E-state index contributed by atoms with van der Waals surface area (Å²) in [6.07, 6.45) is 2.07. The molecule has 1 heterocycles. The zero-order valence-electron chi connectivity index (χ0n) is 11.5. The molecule has 0 atom stereocenters. The zero-order valence-corrected chi connectivity index (χ0v) is 11.5. The third-order valence-corrected chi connectivity index (χ3v) is 3.04.